The fourth-order valence-corrected chi connectivity index (χ4v) is 4.33. The zero-order valence-corrected chi connectivity index (χ0v) is 18.7. The summed E-state index contributed by atoms with van der Waals surface area (Å²) >= 11 is 0. The highest BCUT2D eigenvalue weighted by molar-refractivity contribution is 6.14. The van der Waals surface area contributed by atoms with Gasteiger partial charge in [0.25, 0.3) is 5.91 Å². The molecule has 1 amide bonds. The summed E-state index contributed by atoms with van der Waals surface area (Å²) in [7, 11) is 5.62. The van der Waals surface area contributed by atoms with Crippen LogP contribution < -0.4 is 20.0 Å². The van der Waals surface area contributed by atoms with Crippen molar-refractivity contribution in [1.82, 2.24) is 9.88 Å². The summed E-state index contributed by atoms with van der Waals surface area (Å²) in [6.07, 6.45) is 5.21. The summed E-state index contributed by atoms with van der Waals surface area (Å²) in [6, 6.07) is 9.64. The van der Waals surface area contributed by atoms with Crippen molar-refractivity contribution in [3.8, 4) is 5.75 Å². The third-order valence-corrected chi connectivity index (χ3v) is 6.17. The summed E-state index contributed by atoms with van der Waals surface area (Å²) in [6.45, 7) is 2.35. The molecule has 4 rings (SSSR count). The van der Waals surface area contributed by atoms with Gasteiger partial charge in [-0.05, 0) is 30.7 Å². The number of hydrazone groups is 1. The number of methoxy groups -OCH3 is 1. The molecule has 2 atom stereocenters. The highest BCUT2D eigenvalue weighted by atomic mass is 16.5. The number of likely N-dealkylation sites (tertiary alicyclic amines) is 1. The molecule has 32 heavy (non-hydrogen) atoms. The first-order chi connectivity index (χ1) is 15.5. The van der Waals surface area contributed by atoms with E-state index < -0.39 is 0 Å². The zero-order chi connectivity index (χ0) is 22.7. The number of anilines is 3. The van der Waals surface area contributed by atoms with Gasteiger partial charge in [-0.1, -0.05) is 0 Å². The minimum atomic E-state index is -0.0586. The van der Waals surface area contributed by atoms with E-state index in [1.165, 1.54) is 6.21 Å². The van der Waals surface area contributed by atoms with Crippen LogP contribution in [0.15, 0.2) is 41.6 Å². The van der Waals surface area contributed by atoms with Crippen LogP contribution in [-0.4, -0.2) is 75.1 Å². The van der Waals surface area contributed by atoms with Crippen LogP contribution in [0, 0.1) is 11.3 Å². The zero-order valence-electron chi connectivity index (χ0n) is 18.7. The highest BCUT2D eigenvalue weighted by Crippen LogP contribution is 2.37. The number of hydrogen-bond acceptors (Lipinski definition) is 8. The van der Waals surface area contributed by atoms with E-state index in [0.29, 0.717) is 29.5 Å². The molecule has 3 heterocycles. The Kier molecular flexibility index (Phi) is 6.25. The maximum absolute atomic E-state index is 13.5. The molecule has 0 aliphatic carbocycles. The van der Waals surface area contributed by atoms with Gasteiger partial charge in [0, 0.05) is 63.8 Å². The van der Waals surface area contributed by atoms with Crippen molar-refractivity contribution in [2.24, 2.45) is 11.0 Å². The number of amides is 1. The fourth-order valence-electron chi connectivity index (χ4n) is 4.33. The molecule has 1 aromatic carbocycles. The standard InChI is InChI=1S/C23H29N7O2/c1-28(2)17-6-9-25-22(12-17)30-14-16-7-11-29(15-21(16)30)23(31)19-13-18(32-3)4-5-20(19)27-26-10-8-24/h4-6,8-10,12-13,16,21,24,27H,7,11,14-15H2,1-3H3/b24-8?,26-10-. The van der Waals surface area contributed by atoms with E-state index in [1.807, 2.05) is 31.3 Å². The lowest BCUT2D eigenvalue weighted by Gasteiger charge is -2.54. The topological polar surface area (TPSA) is 97.1 Å². The normalized spacial score (nSPS) is 19.8. The molecule has 2 aromatic rings. The third kappa shape index (κ3) is 4.23. The van der Waals surface area contributed by atoms with Crippen LogP contribution in [-0.2, 0) is 0 Å². The number of carbonyl (C=O) groups excluding carboxylic acids is 1. The average Bonchev–Trinajstić information content (AvgIpc) is 2.80. The van der Waals surface area contributed by atoms with E-state index in [-0.39, 0.29) is 11.9 Å². The van der Waals surface area contributed by atoms with E-state index in [0.717, 1.165) is 37.2 Å². The number of benzene rings is 1. The summed E-state index contributed by atoms with van der Waals surface area (Å²) < 4.78 is 5.33. The Morgan fingerprint density at radius 3 is 2.91 bits per heavy atom. The summed E-state index contributed by atoms with van der Waals surface area (Å²) in [5, 5.41) is 11.0. The maximum atomic E-state index is 13.5. The largest absolute Gasteiger partial charge is 0.497 e. The lowest BCUT2D eigenvalue weighted by molar-refractivity contribution is 0.0592. The van der Waals surface area contributed by atoms with E-state index in [9.17, 15) is 4.79 Å². The van der Waals surface area contributed by atoms with Crippen molar-refractivity contribution in [1.29, 1.82) is 5.41 Å². The Morgan fingerprint density at radius 2 is 2.16 bits per heavy atom. The Hall–Kier alpha value is -3.62. The van der Waals surface area contributed by atoms with Crippen molar-refractivity contribution >= 4 is 35.5 Å². The van der Waals surface area contributed by atoms with Crippen LogP contribution in [0.25, 0.3) is 0 Å². The number of nitrogens with zero attached hydrogens (tertiary/aromatic N) is 5. The second-order valence-corrected chi connectivity index (χ2v) is 8.25. The molecule has 2 saturated heterocycles. The van der Waals surface area contributed by atoms with Crippen LogP contribution in [0.5, 0.6) is 5.75 Å². The molecule has 0 saturated carbocycles. The first-order valence-corrected chi connectivity index (χ1v) is 10.7. The third-order valence-electron chi connectivity index (χ3n) is 6.17. The van der Waals surface area contributed by atoms with E-state index in [1.54, 1.807) is 25.3 Å². The monoisotopic (exact) mass is 435 g/mol. The Bertz CT molecular complexity index is 1020. The van der Waals surface area contributed by atoms with Gasteiger partial charge < -0.3 is 24.8 Å². The molecule has 168 valence electrons. The van der Waals surface area contributed by atoms with Gasteiger partial charge in [-0.15, -0.1) is 0 Å². The first-order valence-electron chi connectivity index (χ1n) is 10.7. The number of aromatic nitrogens is 1. The lowest BCUT2D eigenvalue weighted by atomic mass is 9.82. The summed E-state index contributed by atoms with van der Waals surface area (Å²) in [4.78, 5) is 24.3. The number of rotatable bonds is 7. The molecule has 2 N–H and O–H groups in total. The first kappa shape index (κ1) is 21.6. The minimum Gasteiger partial charge on any atom is -0.497 e. The second-order valence-electron chi connectivity index (χ2n) is 8.25. The molecule has 2 unspecified atom stereocenters. The molecular weight excluding hydrogens is 406 g/mol. The maximum Gasteiger partial charge on any atom is 0.256 e. The SMILES string of the molecule is COc1ccc(N/N=C\C=N)c(C(=O)N2CCC3CN(c4cc(N(C)C)ccn4)C3C2)c1. The summed E-state index contributed by atoms with van der Waals surface area (Å²) in [5.41, 5.74) is 5.06. The van der Waals surface area contributed by atoms with Crippen molar-refractivity contribution in [2.45, 2.75) is 12.5 Å². The van der Waals surface area contributed by atoms with Crippen LogP contribution in [0.2, 0.25) is 0 Å². The van der Waals surface area contributed by atoms with Crippen LogP contribution in [0.1, 0.15) is 16.8 Å². The van der Waals surface area contributed by atoms with Crippen LogP contribution >= 0.6 is 0 Å². The van der Waals surface area contributed by atoms with Gasteiger partial charge in [-0.2, -0.15) is 5.10 Å². The van der Waals surface area contributed by atoms with Crippen LogP contribution in [0.3, 0.4) is 0 Å². The lowest BCUT2D eigenvalue weighted by Crippen LogP contribution is -2.65. The molecule has 0 radical (unpaired) electrons. The van der Waals surface area contributed by atoms with Gasteiger partial charge in [-0.3, -0.25) is 10.2 Å². The molecule has 2 aliphatic rings. The molecular formula is C23H29N7O2. The molecule has 9 nitrogen and oxygen atoms in total. The molecule has 1 aromatic heterocycles. The summed E-state index contributed by atoms with van der Waals surface area (Å²) in [5.74, 6) is 2.08. The number of hydrogen-bond donors (Lipinski definition) is 2. The van der Waals surface area contributed by atoms with Crippen molar-refractivity contribution in [3.63, 3.8) is 0 Å². The van der Waals surface area contributed by atoms with Gasteiger partial charge in [0.15, 0.2) is 0 Å². The molecule has 2 fully saturated rings. The van der Waals surface area contributed by atoms with Gasteiger partial charge in [0.2, 0.25) is 0 Å². The number of pyridine rings is 1. The number of piperidine rings is 1. The Balaban J connectivity index is 1.53. The predicted octanol–water partition coefficient (Wildman–Crippen LogP) is 2.55. The second kappa shape index (κ2) is 9.25. The Morgan fingerprint density at radius 1 is 1.31 bits per heavy atom. The molecule has 0 spiro atoms. The number of fused-ring (bicyclic) bond motifs is 1. The van der Waals surface area contributed by atoms with Gasteiger partial charge in [-0.25, -0.2) is 4.98 Å². The Labute approximate surface area is 188 Å². The molecule has 2 aliphatic heterocycles. The number of carbonyl (C=O) groups is 1. The van der Waals surface area contributed by atoms with Gasteiger partial charge >= 0.3 is 0 Å². The van der Waals surface area contributed by atoms with Gasteiger partial charge in [0.1, 0.15) is 11.6 Å². The average molecular weight is 436 g/mol. The van der Waals surface area contributed by atoms with Crippen LogP contribution in [0.4, 0.5) is 17.2 Å². The highest BCUT2D eigenvalue weighted by Gasteiger charge is 2.44. The van der Waals surface area contributed by atoms with Crippen molar-refractivity contribution < 1.29 is 9.53 Å². The quantitative estimate of drug-likeness (QED) is 0.513. The molecule has 0 bridgehead atoms. The van der Waals surface area contributed by atoms with E-state index >= 15 is 0 Å². The van der Waals surface area contributed by atoms with E-state index in [2.05, 4.69) is 31.4 Å². The van der Waals surface area contributed by atoms with Crippen molar-refractivity contribution in [2.75, 3.05) is 56.1 Å². The fraction of sp³-hybridized carbons (Fsp3) is 0.391. The number of nitrogens with one attached hydrogen (secondary N) is 2. The van der Waals surface area contributed by atoms with Gasteiger partial charge in [0.05, 0.1) is 30.6 Å². The van der Waals surface area contributed by atoms with Crippen molar-refractivity contribution in [3.05, 3.63) is 42.1 Å². The predicted molar refractivity (Wildman–Crippen MR) is 128 cm³/mol. The smallest absolute Gasteiger partial charge is 0.256 e. The minimum absolute atomic E-state index is 0.0586. The molecule has 9 heteroatoms. The number of ether oxygens (including phenoxy) is 1. The van der Waals surface area contributed by atoms with E-state index in [4.69, 9.17) is 10.1 Å².